The third-order valence-electron chi connectivity index (χ3n) is 6.93. The number of anilines is 1. The fourth-order valence-corrected chi connectivity index (χ4v) is 4.91. The van der Waals surface area contributed by atoms with Crippen LogP contribution in [0.15, 0.2) is 42.6 Å². The lowest BCUT2D eigenvalue weighted by molar-refractivity contribution is -0.114. The van der Waals surface area contributed by atoms with E-state index in [1.807, 2.05) is 0 Å². The van der Waals surface area contributed by atoms with Crippen LogP contribution in [0.25, 0.3) is 16.9 Å². The molecule has 1 saturated carbocycles. The van der Waals surface area contributed by atoms with Crippen molar-refractivity contribution in [2.75, 3.05) is 19.0 Å². The van der Waals surface area contributed by atoms with Gasteiger partial charge < -0.3 is 20.1 Å². The second-order valence-electron chi connectivity index (χ2n) is 9.90. The molecule has 1 aliphatic rings. The summed E-state index contributed by atoms with van der Waals surface area (Å²) in [5, 5.41) is 10.1. The van der Waals surface area contributed by atoms with Crippen molar-refractivity contribution in [1.82, 2.24) is 24.9 Å². The number of imidazole rings is 1. The van der Waals surface area contributed by atoms with Crippen LogP contribution in [-0.2, 0) is 11.3 Å². The average molecular weight is 547 g/mol. The monoisotopic (exact) mass is 546 g/mol. The van der Waals surface area contributed by atoms with E-state index in [4.69, 9.17) is 9.47 Å². The molecule has 0 aliphatic heterocycles. The van der Waals surface area contributed by atoms with E-state index in [1.165, 1.54) is 39.0 Å². The summed E-state index contributed by atoms with van der Waals surface area (Å²) >= 11 is 0. The van der Waals surface area contributed by atoms with E-state index in [0.29, 0.717) is 52.3 Å². The summed E-state index contributed by atoms with van der Waals surface area (Å²) in [7, 11) is 1.44. The van der Waals surface area contributed by atoms with E-state index in [-0.39, 0.29) is 23.9 Å². The van der Waals surface area contributed by atoms with Crippen LogP contribution in [0.4, 0.5) is 10.2 Å². The summed E-state index contributed by atoms with van der Waals surface area (Å²) in [6.45, 7) is 3.84. The Hall–Kier alpha value is -4.54. The van der Waals surface area contributed by atoms with Crippen molar-refractivity contribution in [3.63, 3.8) is 0 Å². The number of amides is 2. The van der Waals surface area contributed by atoms with Crippen LogP contribution < -0.4 is 20.1 Å². The predicted molar refractivity (Wildman–Crippen MR) is 147 cm³/mol. The van der Waals surface area contributed by atoms with Gasteiger partial charge in [-0.3, -0.25) is 9.59 Å². The number of nitrogens with one attached hydrogen (secondary N) is 2. The largest absolute Gasteiger partial charge is 0.493 e. The Labute approximate surface area is 230 Å². The quantitative estimate of drug-likeness (QED) is 0.312. The van der Waals surface area contributed by atoms with Crippen LogP contribution in [-0.4, -0.2) is 45.1 Å². The third-order valence-corrected chi connectivity index (χ3v) is 6.93. The molecular formula is C29H31FN6O4. The molecule has 0 unspecified atom stereocenters. The Bertz CT molecular complexity index is 1560. The van der Waals surface area contributed by atoms with Crippen molar-refractivity contribution >= 4 is 23.3 Å². The second kappa shape index (κ2) is 11.7. The smallest absolute Gasteiger partial charge is 0.257 e. The molecule has 0 saturated heterocycles. The fourth-order valence-electron chi connectivity index (χ4n) is 4.91. The van der Waals surface area contributed by atoms with E-state index < -0.39 is 11.7 Å². The van der Waals surface area contributed by atoms with E-state index in [2.05, 4.69) is 25.7 Å². The highest BCUT2D eigenvalue weighted by Gasteiger charge is 2.20. The van der Waals surface area contributed by atoms with Gasteiger partial charge >= 0.3 is 0 Å². The van der Waals surface area contributed by atoms with Crippen molar-refractivity contribution in [2.24, 2.45) is 5.92 Å². The number of fused-ring (bicyclic) bond motifs is 1. The van der Waals surface area contributed by atoms with Gasteiger partial charge in [0.05, 0.1) is 31.3 Å². The first-order valence-corrected chi connectivity index (χ1v) is 13.2. The van der Waals surface area contributed by atoms with Crippen molar-refractivity contribution in [1.29, 1.82) is 0 Å². The number of rotatable bonds is 9. The van der Waals surface area contributed by atoms with E-state index in [0.717, 1.165) is 12.8 Å². The second-order valence-corrected chi connectivity index (χ2v) is 9.90. The highest BCUT2D eigenvalue weighted by atomic mass is 19.1. The van der Waals surface area contributed by atoms with Gasteiger partial charge in [0.2, 0.25) is 11.8 Å². The number of hydrogen-bond acceptors (Lipinski definition) is 7. The predicted octanol–water partition coefficient (Wildman–Crippen LogP) is 4.70. The molecule has 0 radical (unpaired) electrons. The van der Waals surface area contributed by atoms with Gasteiger partial charge in [0.15, 0.2) is 11.5 Å². The molecule has 2 N–H and O–H groups in total. The molecule has 1 fully saturated rings. The number of aromatic nitrogens is 4. The number of carbonyl (C=O) groups is 2. The lowest BCUT2D eigenvalue weighted by Crippen LogP contribution is -2.24. The summed E-state index contributed by atoms with van der Waals surface area (Å²) in [6.07, 6.45) is 6.28. The first kappa shape index (κ1) is 27.0. The van der Waals surface area contributed by atoms with E-state index >= 15 is 0 Å². The summed E-state index contributed by atoms with van der Waals surface area (Å²) in [6, 6.07) is 9.52. The Morgan fingerprint density at radius 2 is 1.93 bits per heavy atom. The van der Waals surface area contributed by atoms with Crippen LogP contribution in [0.1, 0.15) is 54.2 Å². The number of ether oxygens (including phenoxy) is 2. The van der Waals surface area contributed by atoms with Crippen molar-refractivity contribution in [3.05, 3.63) is 65.2 Å². The Kier molecular flexibility index (Phi) is 7.90. The number of halogens is 1. The molecule has 5 rings (SSSR count). The van der Waals surface area contributed by atoms with Crippen LogP contribution in [0.2, 0.25) is 0 Å². The Morgan fingerprint density at radius 3 is 2.67 bits per heavy atom. The van der Waals surface area contributed by atoms with E-state index in [1.54, 1.807) is 41.9 Å². The number of carbonyl (C=O) groups excluding carboxylic acids is 2. The normalized spacial score (nSPS) is 13.4. The molecule has 1 aliphatic carbocycles. The zero-order valence-electron chi connectivity index (χ0n) is 22.7. The maximum absolute atomic E-state index is 14.1. The van der Waals surface area contributed by atoms with Crippen molar-refractivity contribution < 1.29 is 23.5 Å². The van der Waals surface area contributed by atoms with Gasteiger partial charge in [0, 0.05) is 24.6 Å². The highest BCUT2D eigenvalue weighted by molar-refractivity contribution is 5.97. The Balaban J connectivity index is 1.37. The molecule has 11 heteroatoms. The maximum Gasteiger partial charge on any atom is 0.257 e. The zero-order chi connectivity index (χ0) is 28.2. The first-order valence-electron chi connectivity index (χ1n) is 13.2. The SMILES string of the molecule is COc1nc(C)c(-c2ccc3nc(NC(C)=O)cn3n2)cc1C(=O)NCc1cc(F)ccc1OCC1CCCC1. The van der Waals surface area contributed by atoms with Gasteiger partial charge in [-0.15, -0.1) is 0 Å². The van der Waals surface area contributed by atoms with Gasteiger partial charge in [-0.2, -0.15) is 5.10 Å². The molecule has 0 spiro atoms. The highest BCUT2D eigenvalue weighted by Crippen LogP contribution is 2.29. The van der Waals surface area contributed by atoms with Gasteiger partial charge in [-0.1, -0.05) is 12.8 Å². The number of pyridine rings is 1. The molecule has 40 heavy (non-hydrogen) atoms. The lowest BCUT2D eigenvalue weighted by atomic mass is 10.1. The molecule has 0 atom stereocenters. The average Bonchev–Trinajstić information content (AvgIpc) is 3.59. The maximum atomic E-state index is 14.1. The van der Waals surface area contributed by atoms with Crippen LogP contribution >= 0.6 is 0 Å². The number of methoxy groups -OCH3 is 1. The molecular weight excluding hydrogens is 515 g/mol. The summed E-state index contributed by atoms with van der Waals surface area (Å²) in [5.41, 5.74) is 3.08. The molecule has 1 aromatic carbocycles. The number of nitrogens with zero attached hydrogens (tertiary/aromatic N) is 4. The molecule has 4 aromatic rings. The number of aryl methyl sites for hydroxylation is 1. The minimum Gasteiger partial charge on any atom is -0.493 e. The molecule has 10 nitrogen and oxygen atoms in total. The standard InChI is InChI=1S/C29H31FN6O4/c1-17-22(24-9-11-27-34-26(33-18(2)37)15-36(27)35-24)13-23(29(32-17)39-3)28(38)31-14-20-12-21(30)8-10-25(20)40-16-19-6-4-5-7-19/h8-13,15,19H,4-7,14,16H2,1-3H3,(H,31,38)(H,33,37). The fraction of sp³-hybridized carbons (Fsp3) is 0.345. The summed E-state index contributed by atoms with van der Waals surface area (Å²) in [5.74, 6) is 0.518. The molecule has 0 bridgehead atoms. The number of hydrogen-bond donors (Lipinski definition) is 2. The first-order chi connectivity index (χ1) is 19.3. The molecule has 208 valence electrons. The van der Waals surface area contributed by atoms with Crippen LogP contribution in [0, 0.1) is 18.7 Å². The van der Waals surface area contributed by atoms with Gasteiger partial charge in [0.1, 0.15) is 17.1 Å². The van der Waals surface area contributed by atoms with Gasteiger partial charge in [-0.05, 0) is 62.1 Å². The van der Waals surface area contributed by atoms with Crippen LogP contribution in [0.3, 0.4) is 0 Å². The molecule has 3 heterocycles. The number of benzene rings is 1. The lowest BCUT2D eigenvalue weighted by Gasteiger charge is -2.16. The third kappa shape index (κ3) is 6.03. The zero-order valence-corrected chi connectivity index (χ0v) is 22.7. The van der Waals surface area contributed by atoms with Gasteiger partial charge in [0.25, 0.3) is 5.91 Å². The van der Waals surface area contributed by atoms with E-state index in [9.17, 15) is 14.0 Å². The van der Waals surface area contributed by atoms with Crippen LogP contribution in [0.5, 0.6) is 11.6 Å². The van der Waals surface area contributed by atoms with Crippen molar-refractivity contribution in [2.45, 2.75) is 46.1 Å². The topological polar surface area (TPSA) is 120 Å². The summed E-state index contributed by atoms with van der Waals surface area (Å²) < 4.78 is 27.0. The molecule has 3 aromatic heterocycles. The van der Waals surface area contributed by atoms with Crippen molar-refractivity contribution in [3.8, 4) is 22.9 Å². The summed E-state index contributed by atoms with van der Waals surface area (Å²) in [4.78, 5) is 33.5. The minimum atomic E-state index is -0.437. The Morgan fingerprint density at radius 1 is 1.12 bits per heavy atom. The van der Waals surface area contributed by atoms with Gasteiger partial charge in [-0.25, -0.2) is 18.9 Å². The minimum absolute atomic E-state index is 0.0636. The molecule has 2 amide bonds.